The van der Waals surface area contributed by atoms with Crippen molar-refractivity contribution in [1.82, 2.24) is 4.68 Å². The van der Waals surface area contributed by atoms with Gasteiger partial charge in [-0.3, -0.25) is 0 Å². The van der Waals surface area contributed by atoms with Crippen molar-refractivity contribution in [3.63, 3.8) is 0 Å². The molecule has 2 heterocycles. The largest absolute Gasteiger partial charge is 0.203 e. The quantitative estimate of drug-likeness (QED) is 0.508. The summed E-state index contributed by atoms with van der Waals surface area (Å²) in [5.41, 5.74) is 7.80. The Morgan fingerprint density at radius 1 is 0.889 bits per heavy atom. The van der Waals surface area contributed by atoms with E-state index in [2.05, 4.69) is 68.4 Å². The maximum atomic E-state index is 8.15. The Morgan fingerprint density at radius 2 is 1.52 bits per heavy atom. The standard InChI is InChI=1S/C25H31N2/c1-16-11-9-12-17(2)21(16)19-15-26(8)27-22-18(3)13-10-14-20(22)24(4,5)25(6,7)23(19)27/h9-15H,1-8H3/q+1/i1D3. The minimum absolute atomic E-state index is 0.132. The maximum Gasteiger partial charge on any atom is 0.203 e. The summed E-state index contributed by atoms with van der Waals surface area (Å²) in [5, 5.41) is 0. The highest BCUT2D eigenvalue weighted by atomic mass is 15.4. The third-order valence-electron chi connectivity index (χ3n) is 6.92. The van der Waals surface area contributed by atoms with E-state index < -0.39 is 6.85 Å². The Hall–Kier alpha value is -2.35. The van der Waals surface area contributed by atoms with Crippen LogP contribution in [0.4, 0.5) is 0 Å². The molecule has 2 heteroatoms. The van der Waals surface area contributed by atoms with Gasteiger partial charge in [0.25, 0.3) is 0 Å². The van der Waals surface area contributed by atoms with E-state index in [0.717, 1.165) is 22.4 Å². The molecule has 1 aliphatic heterocycles. The first kappa shape index (κ1) is 14.7. The molecule has 0 saturated heterocycles. The van der Waals surface area contributed by atoms with Crippen molar-refractivity contribution in [2.45, 2.75) is 59.2 Å². The van der Waals surface area contributed by atoms with Crippen LogP contribution < -0.4 is 4.68 Å². The fourth-order valence-electron chi connectivity index (χ4n) is 4.73. The Kier molecular flexibility index (Phi) is 3.03. The molecule has 2 nitrogen and oxygen atoms in total. The summed E-state index contributed by atoms with van der Waals surface area (Å²) >= 11 is 0. The molecule has 0 fully saturated rings. The van der Waals surface area contributed by atoms with Gasteiger partial charge < -0.3 is 0 Å². The summed E-state index contributed by atoms with van der Waals surface area (Å²) < 4.78 is 28.9. The number of rotatable bonds is 1. The highest BCUT2D eigenvalue weighted by Crippen LogP contribution is 2.52. The monoisotopic (exact) mass is 362 g/mol. The highest BCUT2D eigenvalue weighted by molar-refractivity contribution is 5.75. The normalized spacial score (nSPS) is 18.9. The molecule has 0 atom stereocenters. The molecule has 0 aliphatic carbocycles. The van der Waals surface area contributed by atoms with Gasteiger partial charge in [0.1, 0.15) is 11.4 Å². The maximum absolute atomic E-state index is 8.15. The molecule has 0 amide bonds. The Balaban J connectivity index is 2.18. The predicted octanol–water partition coefficient (Wildman–Crippen LogP) is 5.46. The molecule has 0 saturated carbocycles. The molecule has 0 unspecified atom stereocenters. The minimum atomic E-state index is -2.17. The second kappa shape index (κ2) is 5.58. The highest BCUT2D eigenvalue weighted by Gasteiger charge is 2.51. The van der Waals surface area contributed by atoms with Gasteiger partial charge in [-0.2, -0.15) is 0 Å². The van der Waals surface area contributed by atoms with Gasteiger partial charge in [0.15, 0.2) is 7.05 Å². The van der Waals surface area contributed by atoms with Gasteiger partial charge in [-0.15, -0.1) is 9.36 Å². The molecule has 3 aromatic rings. The van der Waals surface area contributed by atoms with E-state index in [1.165, 1.54) is 16.8 Å². The summed E-state index contributed by atoms with van der Waals surface area (Å²) in [5.74, 6) is 0. The molecular weight excluding hydrogens is 328 g/mol. The van der Waals surface area contributed by atoms with Crippen LogP contribution in [-0.2, 0) is 17.9 Å². The van der Waals surface area contributed by atoms with Gasteiger partial charge in [0, 0.05) is 14.9 Å². The third-order valence-corrected chi connectivity index (χ3v) is 6.92. The van der Waals surface area contributed by atoms with Crippen LogP contribution in [0.1, 0.15) is 59.8 Å². The van der Waals surface area contributed by atoms with E-state index in [9.17, 15) is 0 Å². The van der Waals surface area contributed by atoms with E-state index in [-0.39, 0.29) is 10.8 Å². The molecule has 1 aliphatic rings. The van der Waals surface area contributed by atoms with Crippen LogP contribution in [0.2, 0.25) is 0 Å². The lowest BCUT2D eigenvalue weighted by atomic mass is 9.59. The number of aromatic nitrogens is 2. The second-order valence-corrected chi connectivity index (χ2v) is 9.00. The number of hydrogen-bond donors (Lipinski definition) is 0. The first-order valence-electron chi connectivity index (χ1n) is 11.1. The molecule has 0 N–H and O–H groups in total. The molecule has 1 aromatic heterocycles. The van der Waals surface area contributed by atoms with Crippen LogP contribution in [0.25, 0.3) is 16.8 Å². The van der Waals surface area contributed by atoms with Gasteiger partial charge in [-0.1, -0.05) is 64.1 Å². The van der Waals surface area contributed by atoms with E-state index in [4.69, 9.17) is 4.11 Å². The molecule has 2 aromatic carbocycles. The Bertz CT molecular complexity index is 1160. The lowest BCUT2D eigenvalue weighted by Crippen LogP contribution is -2.51. The smallest absolute Gasteiger partial charge is 0.124 e. The molecule has 27 heavy (non-hydrogen) atoms. The van der Waals surface area contributed by atoms with Crippen molar-refractivity contribution in [3.8, 4) is 16.8 Å². The molecule has 0 radical (unpaired) electrons. The van der Waals surface area contributed by atoms with Crippen molar-refractivity contribution < 1.29 is 8.79 Å². The van der Waals surface area contributed by atoms with Crippen molar-refractivity contribution in [2.24, 2.45) is 7.05 Å². The minimum Gasteiger partial charge on any atom is -0.124 e. The van der Waals surface area contributed by atoms with Crippen molar-refractivity contribution >= 4 is 0 Å². The van der Waals surface area contributed by atoms with Crippen LogP contribution in [0.5, 0.6) is 0 Å². The Labute approximate surface area is 167 Å². The van der Waals surface area contributed by atoms with Crippen LogP contribution in [0.3, 0.4) is 0 Å². The zero-order chi connectivity index (χ0) is 22.2. The van der Waals surface area contributed by atoms with E-state index >= 15 is 0 Å². The third kappa shape index (κ3) is 2.22. The number of nitrogens with zero attached hydrogens (tertiary/aromatic N) is 2. The predicted molar refractivity (Wildman–Crippen MR) is 113 cm³/mol. The Morgan fingerprint density at radius 3 is 2.22 bits per heavy atom. The SMILES string of the molecule is [2H]C([2H])([2H])c1cccc(C)c1-c1c[n+](C)n2c1C(C)(C)C(C)(C)c1cccc(C)c1-2. The van der Waals surface area contributed by atoms with Gasteiger partial charge in [-0.25, -0.2) is 0 Å². The zero-order valence-electron chi connectivity index (χ0n) is 20.4. The summed E-state index contributed by atoms with van der Waals surface area (Å²) in [6.45, 7) is 11.1. The van der Waals surface area contributed by atoms with Gasteiger partial charge in [0.2, 0.25) is 6.20 Å². The van der Waals surface area contributed by atoms with Crippen LogP contribution in [0, 0.1) is 20.7 Å². The number of benzene rings is 2. The molecular formula is C25H31N2+. The average molecular weight is 363 g/mol. The number of hydrogen-bond acceptors (Lipinski definition) is 0. The summed E-state index contributed by atoms with van der Waals surface area (Å²) in [7, 11) is 2.05. The first-order valence-corrected chi connectivity index (χ1v) is 9.63. The van der Waals surface area contributed by atoms with Gasteiger partial charge >= 0.3 is 0 Å². The molecule has 140 valence electrons. The fourth-order valence-corrected chi connectivity index (χ4v) is 4.73. The first-order chi connectivity index (χ1) is 13.8. The summed E-state index contributed by atoms with van der Waals surface area (Å²) in [4.78, 5) is 0. The van der Waals surface area contributed by atoms with Crippen LogP contribution >= 0.6 is 0 Å². The molecule has 4 rings (SSSR count). The van der Waals surface area contributed by atoms with E-state index in [0.29, 0.717) is 5.56 Å². The fraction of sp³-hybridized carbons (Fsp3) is 0.400. The van der Waals surface area contributed by atoms with Crippen molar-refractivity contribution in [3.05, 3.63) is 70.5 Å². The molecule has 0 spiro atoms. The lowest BCUT2D eigenvalue weighted by molar-refractivity contribution is -0.745. The van der Waals surface area contributed by atoms with E-state index in [1.807, 2.05) is 26.1 Å². The van der Waals surface area contributed by atoms with E-state index in [1.54, 1.807) is 6.07 Å². The van der Waals surface area contributed by atoms with Crippen molar-refractivity contribution in [2.75, 3.05) is 0 Å². The number of fused-ring (bicyclic) bond motifs is 3. The van der Waals surface area contributed by atoms with Crippen molar-refractivity contribution in [1.29, 1.82) is 0 Å². The number of aryl methyl sites for hydroxylation is 4. The average Bonchev–Trinajstić information content (AvgIpc) is 2.97. The van der Waals surface area contributed by atoms with Gasteiger partial charge in [-0.05, 0) is 48.5 Å². The second-order valence-electron chi connectivity index (χ2n) is 9.00. The van der Waals surface area contributed by atoms with Crippen LogP contribution in [-0.4, -0.2) is 4.68 Å². The zero-order valence-corrected chi connectivity index (χ0v) is 17.4. The lowest BCUT2D eigenvalue weighted by Gasteiger charge is -2.46. The summed E-state index contributed by atoms with van der Waals surface area (Å²) in [6.07, 6.45) is 2.10. The van der Waals surface area contributed by atoms with Gasteiger partial charge in [0.05, 0.1) is 5.56 Å². The topological polar surface area (TPSA) is 8.81 Å². The molecule has 0 bridgehead atoms. The van der Waals surface area contributed by atoms with Crippen LogP contribution in [0.15, 0.2) is 42.6 Å². The number of para-hydroxylation sites is 1. The summed E-state index contributed by atoms with van der Waals surface area (Å²) in [6, 6.07) is 12.1.